The molecular formula is C21H31N3O6S. The molecule has 0 radical (unpaired) electrons. The van der Waals surface area contributed by atoms with Gasteiger partial charge in [-0.05, 0) is 31.9 Å². The van der Waals surface area contributed by atoms with Crippen LogP contribution in [0, 0.1) is 0 Å². The molecule has 2 heterocycles. The maximum Gasteiger partial charge on any atom is 0.414 e. The van der Waals surface area contributed by atoms with Crippen molar-refractivity contribution in [3.63, 3.8) is 0 Å². The number of ether oxygens (including phenoxy) is 1. The molecule has 0 spiro atoms. The first-order chi connectivity index (χ1) is 14.7. The van der Waals surface area contributed by atoms with Crippen LogP contribution >= 0.6 is 11.8 Å². The van der Waals surface area contributed by atoms with Gasteiger partial charge in [-0.2, -0.15) is 0 Å². The second kappa shape index (κ2) is 11.2. The highest BCUT2D eigenvalue weighted by atomic mass is 32.2. The number of nitrogens with one attached hydrogen (secondary N) is 1. The summed E-state index contributed by atoms with van der Waals surface area (Å²) in [6, 6.07) is 8.20. The monoisotopic (exact) mass is 453 g/mol. The average molecular weight is 454 g/mol. The van der Waals surface area contributed by atoms with Crippen LogP contribution in [0.25, 0.3) is 0 Å². The Kier molecular flexibility index (Phi) is 9.00. The zero-order valence-electron chi connectivity index (χ0n) is 18.2. The quantitative estimate of drug-likeness (QED) is 0.556. The van der Waals surface area contributed by atoms with Gasteiger partial charge in [-0.25, -0.2) is 9.59 Å². The van der Waals surface area contributed by atoms with Crippen LogP contribution in [0.2, 0.25) is 0 Å². The molecule has 0 bridgehead atoms. The SMILES string of the molecule is CCCCC1(N2CCN(c3ccccc3OC)CC2)NC(=O)C(C)S1.O=C(O)C(=O)O. The maximum atomic E-state index is 12.2. The lowest BCUT2D eigenvalue weighted by atomic mass is 10.1. The number of carbonyl (C=O) groups excluding carboxylic acids is 1. The van der Waals surface area contributed by atoms with Gasteiger partial charge < -0.3 is 25.2 Å². The smallest absolute Gasteiger partial charge is 0.414 e. The zero-order valence-corrected chi connectivity index (χ0v) is 19.0. The van der Waals surface area contributed by atoms with E-state index in [1.54, 1.807) is 18.9 Å². The number of aliphatic carboxylic acids is 2. The molecule has 1 amide bonds. The Morgan fingerprint density at radius 1 is 1.19 bits per heavy atom. The number of rotatable bonds is 6. The first-order valence-corrected chi connectivity index (χ1v) is 11.2. The van der Waals surface area contributed by atoms with Gasteiger partial charge in [0.15, 0.2) is 0 Å². The predicted octanol–water partition coefficient (Wildman–Crippen LogP) is 2.07. The first-order valence-electron chi connectivity index (χ1n) is 10.3. The molecule has 0 aromatic heterocycles. The molecule has 1 aromatic carbocycles. The van der Waals surface area contributed by atoms with Gasteiger partial charge in [0.05, 0.1) is 18.0 Å². The first kappa shape index (κ1) is 24.8. The molecule has 9 nitrogen and oxygen atoms in total. The highest BCUT2D eigenvalue weighted by Crippen LogP contribution is 2.41. The maximum absolute atomic E-state index is 12.2. The van der Waals surface area contributed by atoms with Crippen molar-refractivity contribution in [2.24, 2.45) is 0 Å². The molecule has 2 aliphatic rings. The van der Waals surface area contributed by atoms with Gasteiger partial charge in [-0.15, -0.1) is 11.8 Å². The third-order valence-electron chi connectivity index (χ3n) is 5.33. The molecule has 31 heavy (non-hydrogen) atoms. The van der Waals surface area contributed by atoms with Crippen LogP contribution in [0.5, 0.6) is 5.75 Å². The van der Waals surface area contributed by atoms with E-state index in [1.165, 1.54) is 0 Å². The molecule has 10 heteroatoms. The van der Waals surface area contributed by atoms with Crippen molar-refractivity contribution in [1.29, 1.82) is 0 Å². The van der Waals surface area contributed by atoms with Crippen molar-refractivity contribution in [2.45, 2.75) is 43.4 Å². The number of hydrogen-bond acceptors (Lipinski definition) is 7. The molecule has 0 saturated carbocycles. The van der Waals surface area contributed by atoms with E-state index in [2.05, 4.69) is 34.2 Å². The Morgan fingerprint density at radius 2 is 1.81 bits per heavy atom. The number of carboxylic acids is 2. The molecule has 2 fully saturated rings. The zero-order chi connectivity index (χ0) is 23.0. The van der Waals surface area contributed by atoms with E-state index in [0.29, 0.717) is 0 Å². The minimum atomic E-state index is -1.82. The van der Waals surface area contributed by atoms with Crippen LogP contribution in [0.15, 0.2) is 24.3 Å². The molecule has 2 atom stereocenters. The Morgan fingerprint density at radius 3 is 2.29 bits per heavy atom. The number of piperazine rings is 1. The second-order valence-corrected chi connectivity index (χ2v) is 9.01. The highest BCUT2D eigenvalue weighted by molar-refractivity contribution is 8.02. The number of hydrogen-bond donors (Lipinski definition) is 3. The molecule has 3 rings (SSSR count). The minimum Gasteiger partial charge on any atom is -0.495 e. The Balaban J connectivity index is 0.000000501. The normalized spacial score (nSPS) is 23.5. The van der Waals surface area contributed by atoms with E-state index in [4.69, 9.17) is 24.5 Å². The summed E-state index contributed by atoms with van der Waals surface area (Å²) in [5, 5.41) is 18.1. The van der Waals surface area contributed by atoms with Crippen LogP contribution in [-0.2, 0) is 14.4 Å². The third-order valence-corrected chi connectivity index (χ3v) is 6.85. The summed E-state index contributed by atoms with van der Waals surface area (Å²) in [5.41, 5.74) is 1.16. The van der Waals surface area contributed by atoms with Crippen molar-refractivity contribution in [2.75, 3.05) is 38.2 Å². The van der Waals surface area contributed by atoms with Gasteiger partial charge in [0.1, 0.15) is 10.7 Å². The van der Waals surface area contributed by atoms with E-state index >= 15 is 0 Å². The van der Waals surface area contributed by atoms with Crippen molar-refractivity contribution in [3.8, 4) is 5.75 Å². The fourth-order valence-electron chi connectivity index (χ4n) is 3.72. The number of benzene rings is 1. The fraction of sp³-hybridized carbons (Fsp3) is 0.571. The number of thioether (sulfide) groups is 1. The van der Waals surface area contributed by atoms with E-state index in [1.807, 2.05) is 19.1 Å². The number of amides is 1. The molecule has 3 N–H and O–H groups in total. The Hall–Kier alpha value is -2.46. The van der Waals surface area contributed by atoms with Gasteiger partial charge in [0.25, 0.3) is 0 Å². The third kappa shape index (κ3) is 6.27. The summed E-state index contributed by atoms with van der Waals surface area (Å²) >= 11 is 1.79. The lowest BCUT2D eigenvalue weighted by Gasteiger charge is -2.45. The standard InChI is InChI=1S/C19H29N3O2S.C2H2O4/c1-4-5-10-19(20-18(23)15(2)25-19)22-13-11-21(12-14-22)16-8-6-7-9-17(16)24-3;3-1(4)2(5)6/h6-9,15H,4-5,10-14H2,1-3H3,(H,20,23);(H,3,4)(H,5,6). The van der Waals surface area contributed by atoms with Crippen molar-refractivity contribution in [1.82, 2.24) is 10.2 Å². The summed E-state index contributed by atoms with van der Waals surface area (Å²) in [6.07, 6.45) is 3.29. The molecule has 1 aromatic rings. The molecular weight excluding hydrogens is 422 g/mol. The number of unbranched alkanes of at least 4 members (excludes halogenated alkanes) is 1. The average Bonchev–Trinajstić information content (AvgIpc) is 3.07. The Bertz CT molecular complexity index is 772. The molecule has 2 saturated heterocycles. The van der Waals surface area contributed by atoms with Gasteiger partial charge in [0.2, 0.25) is 5.91 Å². The van der Waals surface area contributed by atoms with E-state index < -0.39 is 11.9 Å². The lowest BCUT2D eigenvalue weighted by molar-refractivity contribution is -0.159. The van der Waals surface area contributed by atoms with Crippen LogP contribution < -0.4 is 15.0 Å². The summed E-state index contributed by atoms with van der Waals surface area (Å²) in [5.74, 6) is -2.55. The van der Waals surface area contributed by atoms with E-state index in [9.17, 15) is 4.79 Å². The highest BCUT2D eigenvalue weighted by Gasteiger charge is 2.47. The van der Waals surface area contributed by atoms with Crippen LogP contribution in [0.1, 0.15) is 33.1 Å². The summed E-state index contributed by atoms with van der Waals surface area (Å²) in [6.45, 7) is 8.00. The van der Waals surface area contributed by atoms with Crippen LogP contribution in [0.4, 0.5) is 5.69 Å². The van der Waals surface area contributed by atoms with Gasteiger partial charge >= 0.3 is 11.9 Å². The predicted molar refractivity (Wildman–Crippen MR) is 120 cm³/mol. The molecule has 0 aliphatic carbocycles. The summed E-state index contributed by atoms with van der Waals surface area (Å²) in [7, 11) is 1.72. The van der Waals surface area contributed by atoms with Gasteiger partial charge in [-0.1, -0.05) is 25.5 Å². The van der Waals surface area contributed by atoms with Crippen molar-refractivity contribution >= 4 is 35.3 Å². The van der Waals surface area contributed by atoms with Crippen LogP contribution in [0.3, 0.4) is 0 Å². The molecule has 2 unspecified atom stereocenters. The number of anilines is 1. The minimum absolute atomic E-state index is 0.0316. The largest absolute Gasteiger partial charge is 0.495 e. The number of para-hydroxylation sites is 2. The van der Waals surface area contributed by atoms with Gasteiger partial charge in [0, 0.05) is 26.2 Å². The molecule has 172 valence electrons. The topological polar surface area (TPSA) is 119 Å². The summed E-state index contributed by atoms with van der Waals surface area (Å²) < 4.78 is 5.51. The van der Waals surface area contributed by atoms with Crippen LogP contribution in [-0.4, -0.2) is 76.5 Å². The Labute approximate surface area is 186 Å². The number of methoxy groups -OCH3 is 1. The van der Waals surface area contributed by atoms with E-state index in [0.717, 1.165) is 56.9 Å². The number of nitrogens with zero attached hydrogens (tertiary/aromatic N) is 2. The molecule has 2 aliphatic heterocycles. The van der Waals surface area contributed by atoms with Crippen molar-refractivity contribution < 1.29 is 29.3 Å². The number of carboxylic acid groups (broad SMARTS) is 2. The second-order valence-electron chi connectivity index (χ2n) is 7.39. The van der Waals surface area contributed by atoms with Crippen molar-refractivity contribution in [3.05, 3.63) is 24.3 Å². The number of carbonyl (C=O) groups is 3. The summed E-state index contributed by atoms with van der Waals surface area (Å²) in [4.78, 5) is 35.0. The van der Waals surface area contributed by atoms with Gasteiger partial charge in [-0.3, -0.25) is 9.69 Å². The fourth-order valence-corrected chi connectivity index (χ4v) is 5.22. The lowest BCUT2D eigenvalue weighted by Crippen LogP contribution is -2.60. The van der Waals surface area contributed by atoms with E-state index in [-0.39, 0.29) is 16.2 Å².